The van der Waals surface area contributed by atoms with Crippen molar-refractivity contribution in [2.75, 3.05) is 0 Å². The van der Waals surface area contributed by atoms with Gasteiger partial charge in [-0.15, -0.1) is 0 Å². The van der Waals surface area contributed by atoms with E-state index >= 15 is 0 Å². The summed E-state index contributed by atoms with van der Waals surface area (Å²) in [5, 5.41) is 8.72. The number of hydrogen-bond donors (Lipinski definition) is 1. The number of alkyl halides is 3. The molecule has 0 aliphatic carbocycles. The van der Waals surface area contributed by atoms with Crippen LogP contribution in [0.15, 0.2) is 6.20 Å². The molecule has 0 unspecified atom stereocenters. The zero-order valence-corrected chi connectivity index (χ0v) is 7.85. The summed E-state index contributed by atoms with van der Waals surface area (Å²) in [6, 6.07) is 0. The molecular formula is C7H5BrF3NO. The summed E-state index contributed by atoms with van der Waals surface area (Å²) in [7, 11) is 0. The van der Waals surface area contributed by atoms with Crippen LogP contribution in [-0.2, 0) is 5.33 Å². The van der Waals surface area contributed by atoms with Gasteiger partial charge in [0.2, 0.25) is 0 Å². The van der Waals surface area contributed by atoms with Gasteiger partial charge in [0.05, 0.1) is 6.20 Å². The van der Waals surface area contributed by atoms with E-state index in [0.29, 0.717) is 6.20 Å². The first-order chi connectivity index (χ1) is 6.07. The Labute approximate surface area is 80.5 Å². The molecule has 1 heterocycles. The third kappa shape index (κ3) is 1.93. The van der Waals surface area contributed by atoms with Crippen LogP contribution in [-0.4, -0.2) is 10.1 Å². The SMILES string of the molecule is Oc1cnc(C(F)F)c(CBr)c1F. The number of aromatic hydroxyl groups is 1. The van der Waals surface area contributed by atoms with Crippen LogP contribution >= 0.6 is 15.9 Å². The van der Waals surface area contributed by atoms with E-state index in [0.717, 1.165) is 0 Å². The quantitative estimate of drug-likeness (QED) is 0.825. The maximum Gasteiger partial charge on any atom is 0.280 e. The molecule has 1 N–H and O–H groups in total. The second-order valence-electron chi connectivity index (χ2n) is 2.26. The Bertz CT molecular complexity index is 319. The van der Waals surface area contributed by atoms with Crippen molar-refractivity contribution in [1.82, 2.24) is 4.98 Å². The number of nitrogens with zero attached hydrogens (tertiary/aromatic N) is 1. The number of pyridine rings is 1. The average molecular weight is 256 g/mol. The lowest BCUT2D eigenvalue weighted by atomic mass is 10.2. The molecule has 0 aliphatic rings. The van der Waals surface area contributed by atoms with Crippen LogP contribution in [0.5, 0.6) is 5.75 Å². The van der Waals surface area contributed by atoms with Crippen LogP contribution in [0.4, 0.5) is 13.2 Å². The molecule has 1 aromatic rings. The first-order valence-corrected chi connectivity index (χ1v) is 4.40. The third-order valence-electron chi connectivity index (χ3n) is 1.47. The largest absolute Gasteiger partial charge is 0.504 e. The highest BCUT2D eigenvalue weighted by molar-refractivity contribution is 9.08. The fourth-order valence-electron chi connectivity index (χ4n) is 0.847. The smallest absolute Gasteiger partial charge is 0.280 e. The highest BCUT2D eigenvalue weighted by atomic mass is 79.9. The Morgan fingerprint density at radius 3 is 2.62 bits per heavy atom. The first-order valence-electron chi connectivity index (χ1n) is 3.28. The van der Waals surface area contributed by atoms with Gasteiger partial charge < -0.3 is 5.11 Å². The van der Waals surface area contributed by atoms with Crippen LogP contribution < -0.4 is 0 Å². The Morgan fingerprint density at radius 2 is 2.15 bits per heavy atom. The highest BCUT2D eigenvalue weighted by Crippen LogP contribution is 2.28. The predicted octanol–water partition coefficient (Wildman–Crippen LogP) is 2.76. The van der Waals surface area contributed by atoms with Crippen molar-refractivity contribution in [3.63, 3.8) is 0 Å². The molecule has 0 amide bonds. The lowest BCUT2D eigenvalue weighted by Crippen LogP contribution is -2.00. The molecule has 1 rings (SSSR count). The highest BCUT2D eigenvalue weighted by Gasteiger charge is 2.19. The van der Waals surface area contributed by atoms with E-state index in [-0.39, 0.29) is 10.9 Å². The minimum absolute atomic E-state index is 0.111. The molecule has 0 fully saturated rings. The van der Waals surface area contributed by atoms with Gasteiger partial charge in [0.25, 0.3) is 6.43 Å². The van der Waals surface area contributed by atoms with Crippen LogP contribution in [0.25, 0.3) is 0 Å². The van der Waals surface area contributed by atoms with Gasteiger partial charge in [-0.1, -0.05) is 15.9 Å². The van der Waals surface area contributed by atoms with E-state index in [1.165, 1.54) is 0 Å². The molecule has 0 spiro atoms. The van der Waals surface area contributed by atoms with Gasteiger partial charge in [-0.25, -0.2) is 13.2 Å². The molecule has 72 valence electrons. The van der Waals surface area contributed by atoms with Crippen LogP contribution in [0.3, 0.4) is 0 Å². The summed E-state index contributed by atoms with van der Waals surface area (Å²) >= 11 is 2.84. The summed E-state index contributed by atoms with van der Waals surface area (Å²) in [5.74, 6) is -1.78. The summed E-state index contributed by atoms with van der Waals surface area (Å²) in [5.41, 5.74) is -0.956. The number of aromatic nitrogens is 1. The number of rotatable bonds is 2. The zero-order valence-electron chi connectivity index (χ0n) is 6.27. The van der Waals surface area contributed by atoms with Crippen molar-refractivity contribution in [2.24, 2.45) is 0 Å². The maximum absolute atomic E-state index is 13.0. The number of hydrogen-bond acceptors (Lipinski definition) is 2. The molecule has 13 heavy (non-hydrogen) atoms. The van der Waals surface area contributed by atoms with Gasteiger partial charge in [-0.05, 0) is 0 Å². The van der Waals surface area contributed by atoms with E-state index in [9.17, 15) is 13.2 Å². The van der Waals surface area contributed by atoms with Crippen molar-refractivity contribution in [3.8, 4) is 5.75 Å². The third-order valence-corrected chi connectivity index (χ3v) is 2.03. The monoisotopic (exact) mass is 255 g/mol. The van der Waals surface area contributed by atoms with E-state index in [4.69, 9.17) is 5.11 Å². The normalized spacial score (nSPS) is 10.8. The number of halogens is 4. The molecule has 1 aromatic heterocycles. The van der Waals surface area contributed by atoms with Crippen LogP contribution in [0.2, 0.25) is 0 Å². The summed E-state index contributed by atoms with van der Waals surface area (Å²) in [4.78, 5) is 3.24. The van der Waals surface area contributed by atoms with Crippen molar-refractivity contribution < 1.29 is 18.3 Å². The molecule has 2 nitrogen and oxygen atoms in total. The van der Waals surface area contributed by atoms with Crippen LogP contribution in [0.1, 0.15) is 17.7 Å². The summed E-state index contributed by atoms with van der Waals surface area (Å²) < 4.78 is 37.4. The molecule has 0 atom stereocenters. The van der Waals surface area contributed by atoms with Gasteiger partial charge in [0, 0.05) is 10.9 Å². The summed E-state index contributed by atoms with van der Waals surface area (Å²) in [6.45, 7) is 0. The molecule has 0 bridgehead atoms. The standard InChI is InChI=1S/C7H5BrF3NO/c8-1-3-5(9)4(13)2-12-6(3)7(10)11/h2,7,13H,1H2. The Kier molecular flexibility index (Phi) is 3.13. The van der Waals surface area contributed by atoms with Gasteiger partial charge in [-0.2, -0.15) is 0 Å². The van der Waals surface area contributed by atoms with Gasteiger partial charge in [0.1, 0.15) is 5.69 Å². The Balaban J connectivity index is 3.30. The van der Waals surface area contributed by atoms with E-state index in [1.807, 2.05) is 0 Å². The van der Waals surface area contributed by atoms with Gasteiger partial charge in [0.15, 0.2) is 11.6 Å². The predicted molar refractivity (Wildman–Crippen MR) is 43.4 cm³/mol. The minimum atomic E-state index is -2.84. The molecule has 0 radical (unpaired) electrons. The Hall–Kier alpha value is -0.780. The molecule has 0 aliphatic heterocycles. The fourth-order valence-corrected chi connectivity index (χ4v) is 1.38. The topological polar surface area (TPSA) is 33.1 Å². The Morgan fingerprint density at radius 1 is 1.54 bits per heavy atom. The van der Waals surface area contributed by atoms with E-state index in [1.54, 1.807) is 0 Å². The second-order valence-corrected chi connectivity index (χ2v) is 2.82. The minimum Gasteiger partial charge on any atom is -0.504 e. The lowest BCUT2D eigenvalue weighted by Gasteiger charge is -2.06. The zero-order chi connectivity index (χ0) is 10.0. The van der Waals surface area contributed by atoms with Crippen molar-refractivity contribution >= 4 is 15.9 Å². The summed E-state index contributed by atoms with van der Waals surface area (Å²) in [6.07, 6.45) is -2.18. The average Bonchev–Trinajstić information content (AvgIpc) is 2.09. The lowest BCUT2D eigenvalue weighted by molar-refractivity contribution is 0.144. The second kappa shape index (κ2) is 3.95. The maximum atomic E-state index is 13.0. The van der Waals surface area contributed by atoms with Crippen molar-refractivity contribution in [1.29, 1.82) is 0 Å². The van der Waals surface area contributed by atoms with E-state index < -0.39 is 23.7 Å². The molecule has 0 saturated heterocycles. The van der Waals surface area contributed by atoms with E-state index in [2.05, 4.69) is 20.9 Å². The molecule has 0 aromatic carbocycles. The van der Waals surface area contributed by atoms with Crippen LogP contribution in [0, 0.1) is 5.82 Å². The van der Waals surface area contributed by atoms with Gasteiger partial charge in [-0.3, -0.25) is 4.98 Å². The molecule has 6 heteroatoms. The molecule has 0 saturated carbocycles. The van der Waals surface area contributed by atoms with Gasteiger partial charge >= 0.3 is 0 Å². The van der Waals surface area contributed by atoms with Crippen molar-refractivity contribution in [3.05, 3.63) is 23.3 Å². The molecular weight excluding hydrogens is 251 g/mol. The first kappa shape index (κ1) is 10.3. The van der Waals surface area contributed by atoms with Crippen molar-refractivity contribution in [2.45, 2.75) is 11.8 Å². The fraction of sp³-hybridized carbons (Fsp3) is 0.286.